The van der Waals surface area contributed by atoms with Crippen LogP contribution in [-0.4, -0.2) is 48.0 Å². The zero-order valence-corrected chi connectivity index (χ0v) is 14.3. The molecule has 1 aliphatic rings. The Labute approximate surface area is 148 Å². The summed E-state index contributed by atoms with van der Waals surface area (Å²) in [6, 6.07) is 10.1. The molecule has 2 aromatic rings. The van der Waals surface area contributed by atoms with Crippen molar-refractivity contribution >= 4 is 18.3 Å². The van der Waals surface area contributed by atoms with Crippen LogP contribution in [0.1, 0.15) is 12.0 Å². The Morgan fingerprint density at radius 2 is 2.21 bits per heavy atom. The van der Waals surface area contributed by atoms with Gasteiger partial charge in [-0.1, -0.05) is 18.2 Å². The van der Waals surface area contributed by atoms with E-state index in [1.54, 1.807) is 0 Å². The van der Waals surface area contributed by atoms with Crippen molar-refractivity contribution in [2.45, 2.75) is 18.9 Å². The second kappa shape index (κ2) is 9.42. The molecule has 24 heavy (non-hydrogen) atoms. The molecule has 0 radical (unpaired) electrons. The van der Waals surface area contributed by atoms with Gasteiger partial charge in [-0.2, -0.15) is 5.10 Å². The number of rotatable bonds is 6. The zero-order valence-electron chi connectivity index (χ0n) is 13.5. The summed E-state index contributed by atoms with van der Waals surface area (Å²) in [5.74, 6) is 0.0588. The van der Waals surface area contributed by atoms with Crippen LogP contribution in [0, 0.1) is 0 Å². The monoisotopic (exact) mass is 350 g/mol. The lowest BCUT2D eigenvalue weighted by molar-refractivity contribution is -0.122. The molecule has 1 aliphatic heterocycles. The maximum Gasteiger partial charge on any atom is 0.221 e. The van der Waals surface area contributed by atoms with E-state index in [0.29, 0.717) is 19.6 Å². The highest BCUT2D eigenvalue weighted by atomic mass is 35.5. The molecule has 6 nitrogen and oxygen atoms in total. The molecule has 130 valence electrons. The fourth-order valence-electron chi connectivity index (χ4n) is 2.60. The number of morpholine rings is 1. The molecular weight excluding hydrogens is 328 g/mol. The molecule has 1 fully saturated rings. The van der Waals surface area contributed by atoms with E-state index in [9.17, 15) is 4.79 Å². The average Bonchev–Trinajstić information content (AvgIpc) is 3.05. The molecule has 0 saturated carbocycles. The van der Waals surface area contributed by atoms with E-state index in [0.717, 1.165) is 30.8 Å². The van der Waals surface area contributed by atoms with Crippen LogP contribution in [0.5, 0.6) is 0 Å². The molecular formula is C17H23ClN4O2. The first-order chi connectivity index (χ1) is 11.3. The highest BCUT2D eigenvalue weighted by molar-refractivity contribution is 5.85. The van der Waals surface area contributed by atoms with Gasteiger partial charge in [-0.3, -0.25) is 4.79 Å². The van der Waals surface area contributed by atoms with Crippen molar-refractivity contribution in [3.63, 3.8) is 0 Å². The molecule has 1 atom stereocenters. The van der Waals surface area contributed by atoms with Gasteiger partial charge in [0, 0.05) is 31.7 Å². The summed E-state index contributed by atoms with van der Waals surface area (Å²) in [6.45, 7) is 2.77. The van der Waals surface area contributed by atoms with E-state index in [2.05, 4.69) is 15.7 Å². The van der Waals surface area contributed by atoms with Crippen molar-refractivity contribution < 1.29 is 9.53 Å². The van der Waals surface area contributed by atoms with Gasteiger partial charge in [-0.05, 0) is 24.1 Å². The maximum atomic E-state index is 11.9. The van der Waals surface area contributed by atoms with E-state index in [1.165, 1.54) is 0 Å². The minimum absolute atomic E-state index is 0. The minimum atomic E-state index is 0. The summed E-state index contributed by atoms with van der Waals surface area (Å²) >= 11 is 0. The molecule has 2 heterocycles. The largest absolute Gasteiger partial charge is 0.378 e. The number of nitrogens with one attached hydrogen (secondary N) is 2. The molecule has 1 aromatic heterocycles. The number of benzene rings is 1. The average molecular weight is 351 g/mol. The summed E-state index contributed by atoms with van der Waals surface area (Å²) in [6.07, 6.45) is 5.07. The van der Waals surface area contributed by atoms with Crippen LogP contribution in [0.2, 0.25) is 0 Å². The first-order valence-electron chi connectivity index (χ1n) is 7.98. The number of nitrogens with zero attached hydrogens (tertiary/aromatic N) is 2. The summed E-state index contributed by atoms with van der Waals surface area (Å²) in [5.41, 5.74) is 2.14. The molecule has 0 aliphatic carbocycles. The van der Waals surface area contributed by atoms with Crippen molar-refractivity contribution in [2.24, 2.45) is 0 Å². The van der Waals surface area contributed by atoms with Crippen molar-refractivity contribution in [3.05, 3.63) is 48.3 Å². The van der Waals surface area contributed by atoms with Gasteiger partial charge in [-0.15, -0.1) is 12.4 Å². The lowest BCUT2D eigenvalue weighted by atomic mass is 10.2. The van der Waals surface area contributed by atoms with E-state index >= 15 is 0 Å². The van der Waals surface area contributed by atoms with E-state index < -0.39 is 0 Å². The highest BCUT2D eigenvalue weighted by Crippen LogP contribution is 2.07. The molecule has 7 heteroatoms. The normalized spacial score (nSPS) is 17.1. The molecule has 1 amide bonds. The van der Waals surface area contributed by atoms with Gasteiger partial charge in [0.05, 0.1) is 25.1 Å². The quantitative estimate of drug-likeness (QED) is 0.824. The fraction of sp³-hybridized carbons (Fsp3) is 0.412. The SMILES string of the molecule is Cl.O=C(CC1COCCN1)NCCc1cnn(-c2ccccc2)c1. The molecule has 2 N–H and O–H groups in total. The van der Waals surface area contributed by atoms with Crippen LogP contribution in [0.15, 0.2) is 42.7 Å². The number of ether oxygens (including phenoxy) is 1. The first kappa shape index (κ1) is 18.4. The topological polar surface area (TPSA) is 68.2 Å². The molecule has 3 rings (SSSR count). The van der Waals surface area contributed by atoms with Gasteiger partial charge in [0.1, 0.15) is 0 Å². The smallest absolute Gasteiger partial charge is 0.221 e. The predicted molar refractivity (Wildman–Crippen MR) is 94.8 cm³/mol. The summed E-state index contributed by atoms with van der Waals surface area (Å²) in [7, 11) is 0. The zero-order chi connectivity index (χ0) is 15.9. The third kappa shape index (κ3) is 5.33. The van der Waals surface area contributed by atoms with Crippen LogP contribution < -0.4 is 10.6 Å². The number of para-hydroxylation sites is 1. The Hall–Kier alpha value is -1.89. The van der Waals surface area contributed by atoms with Gasteiger partial charge in [-0.25, -0.2) is 4.68 Å². The van der Waals surface area contributed by atoms with Gasteiger partial charge in [0.2, 0.25) is 5.91 Å². The van der Waals surface area contributed by atoms with Gasteiger partial charge < -0.3 is 15.4 Å². The second-order valence-electron chi connectivity index (χ2n) is 5.66. The highest BCUT2D eigenvalue weighted by Gasteiger charge is 2.16. The molecule has 0 bridgehead atoms. The van der Waals surface area contributed by atoms with Crippen LogP contribution in [0.25, 0.3) is 5.69 Å². The molecule has 0 spiro atoms. The van der Waals surface area contributed by atoms with E-state index in [4.69, 9.17) is 4.74 Å². The first-order valence-corrected chi connectivity index (χ1v) is 7.98. The molecule has 1 saturated heterocycles. The Morgan fingerprint density at radius 3 is 2.96 bits per heavy atom. The van der Waals surface area contributed by atoms with E-state index in [1.807, 2.05) is 47.4 Å². The number of carbonyl (C=O) groups is 1. The van der Waals surface area contributed by atoms with Crippen LogP contribution >= 0.6 is 12.4 Å². The summed E-state index contributed by atoms with van der Waals surface area (Å²) < 4.78 is 7.20. The number of amides is 1. The fourth-order valence-corrected chi connectivity index (χ4v) is 2.60. The number of carbonyl (C=O) groups excluding carboxylic acids is 1. The lowest BCUT2D eigenvalue weighted by Crippen LogP contribution is -2.44. The van der Waals surface area contributed by atoms with Gasteiger partial charge >= 0.3 is 0 Å². The molecule has 1 unspecified atom stereocenters. The maximum absolute atomic E-state index is 11.9. The van der Waals surface area contributed by atoms with Gasteiger partial charge in [0.15, 0.2) is 0 Å². The third-order valence-electron chi connectivity index (χ3n) is 3.82. The Balaban J connectivity index is 0.00000208. The van der Waals surface area contributed by atoms with Crippen molar-refractivity contribution in [1.29, 1.82) is 0 Å². The number of hydrogen-bond acceptors (Lipinski definition) is 4. The number of aromatic nitrogens is 2. The Morgan fingerprint density at radius 1 is 1.38 bits per heavy atom. The summed E-state index contributed by atoms with van der Waals surface area (Å²) in [5, 5.41) is 10.6. The number of hydrogen-bond donors (Lipinski definition) is 2. The second-order valence-corrected chi connectivity index (χ2v) is 5.66. The Bertz CT molecular complexity index is 627. The van der Waals surface area contributed by atoms with E-state index in [-0.39, 0.29) is 24.4 Å². The third-order valence-corrected chi connectivity index (χ3v) is 3.82. The van der Waals surface area contributed by atoms with Crippen molar-refractivity contribution in [3.8, 4) is 5.69 Å². The minimum Gasteiger partial charge on any atom is -0.378 e. The Kier molecular flexibility index (Phi) is 7.24. The standard InChI is InChI=1S/C17H22N4O2.ClH/c22-17(10-15-13-23-9-8-18-15)19-7-6-14-11-20-21(12-14)16-4-2-1-3-5-16;/h1-5,11-12,15,18H,6-10,13H2,(H,19,22);1H. The van der Waals surface area contributed by atoms with Crippen molar-refractivity contribution in [1.82, 2.24) is 20.4 Å². The lowest BCUT2D eigenvalue weighted by Gasteiger charge is -2.23. The van der Waals surface area contributed by atoms with Gasteiger partial charge in [0.25, 0.3) is 0 Å². The predicted octanol–water partition coefficient (Wildman–Crippen LogP) is 1.33. The number of halogens is 1. The summed E-state index contributed by atoms with van der Waals surface area (Å²) in [4.78, 5) is 11.9. The van der Waals surface area contributed by atoms with Crippen molar-refractivity contribution in [2.75, 3.05) is 26.3 Å². The van der Waals surface area contributed by atoms with Crippen LogP contribution in [0.4, 0.5) is 0 Å². The molecule has 1 aromatic carbocycles. The van der Waals surface area contributed by atoms with Crippen LogP contribution in [-0.2, 0) is 16.0 Å². The van der Waals surface area contributed by atoms with Crippen LogP contribution in [0.3, 0.4) is 0 Å².